The monoisotopic (exact) mass is 391 g/mol. The number of amides is 1. The zero-order valence-electron chi connectivity index (χ0n) is 16.9. The highest BCUT2D eigenvalue weighted by molar-refractivity contribution is 6.00. The van der Waals surface area contributed by atoms with Crippen molar-refractivity contribution in [1.29, 1.82) is 0 Å². The molecule has 0 radical (unpaired) electrons. The normalized spacial score (nSPS) is 16.4. The topological polar surface area (TPSA) is 72.0 Å². The lowest BCUT2D eigenvalue weighted by molar-refractivity contribution is 0.0960. The van der Waals surface area contributed by atoms with Gasteiger partial charge >= 0.3 is 0 Å². The van der Waals surface area contributed by atoms with Crippen molar-refractivity contribution in [1.82, 2.24) is 5.32 Å². The van der Waals surface area contributed by atoms with Crippen molar-refractivity contribution in [2.75, 3.05) is 26.6 Å². The van der Waals surface area contributed by atoms with Crippen LogP contribution in [0, 0.1) is 0 Å². The molecule has 3 rings (SSSR count). The molecule has 0 saturated carbocycles. The van der Waals surface area contributed by atoms with Gasteiger partial charge in [-0.1, -0.05) is 18.2 Å². The van der Waals surface area contributed by atoms with E-state index in [1.165, 1.54) is 0 Å². The number of ether oxygens (including phenoxy) is 2. The highest BCUT2D eigenvalue weighted by atomic mass is 16.5. The van der Waals surface area contributed by atoms with E-state index in [0.717, 1.165) is 41.4 Å². The molecular weight excluding hydrogens is 366 g/mol. The first-order chi connectivity index (χ1) is 14.1. The lowest BCUT2D eigenvalue weighted by Gasteiger charge is -2.14. The molecule has 2 aromatic rings. The second kappa shape index (κ2) is 9.59. The molecule has 150 valence electrons. The Balaban J connectivity index is 1.96. The summed E-state index contributed by atoms with van der Waals surface area (Å²) in [6.45, 7) is 0. The molecule has 0 atom stereocenters. The lowest BCUT2D eigenvalue weighted by atomic mass is 10.1. The molecule has 0 spiro atoms. The molecular formula is C23H25N3O3. The van der Waals surface area contributed by atoms with Gasteiger partial charge in [0.1, 0.15) is 17.3 Å². The van der Waals surface area contributed by atoms with Gasteiger partial charge in [-0.05, 0) is 42.8 Å². The van der Waals surface area contributed by atoms with Crippen LogP contribution in [-0.2, 0) is 0 Å². The van der Waals surface area contributed by atoms with Crippen molar-refractivity contribution in [3.05, 3.63) is 71.8 Å². The minimum Gasteiger partial charge on any atom is -0.497 e. The molecule has 0 aromatic heterocycles. The first kappa shape index (κ1) is 20.2. The molecule has 0 unspecified atom stereocenters. The molecule has 0 fully saturated rings. The van der Waals surface area contributed by atoms with Crippen LogP contribution in [0.4, 0.5) is 5.69 Å². The summed E-state index contributed by atoms with van der Waals surface area (Å²) in [5.41, 5.74) is 2.98. The maximum atomic E-state index is 12.2. The smallest absolute Gasteiger partial charge is 0.254 e. The Hall–Kier alpha value is -3.54. The van der Waals surface area contributed by atoms with Gasteiger partial charge in [0.25, 0.3) is 5.91 Å². The highest BCUT2D eigenvalue weighted by Gasteiger charge is 2.14. The zero-order valence-corrected chi connectivity index (χ0v) is 16.9. The fourth-order valence-electron chi connectivity index (χ4n) is 3.01. The average Bonchev–Trinajstić information content (AvgIpc) is 2.74. The van der Waals surface area contributed by atoms with Crippen molar-refractivity contribution < 1.29 is 14.3 Å². The van der Waals surface area contributed by atoms with E-state index in [0.29, 0.717) is 11.3 Å². The summed E-state index contributed by atoms with van der Waals surface area (Å²) in [7, 11) is 4.79. The molecule has 1 aliphatic heterocycles. The Bertz CT molecular complexity index is 977. The number of nitrogens with zero attached hydrogens (tertiary/aromatic N) is 1. The molecule has 0 saturated heterocycles. The van der Waals surface area contributed by atoms with Crippen LogP contribution in [0.1, 0.15) is 28.8 Å². The third kappa shape index (κ3) is 5.04. The fourth-order valence-corrected chi connectivity index (χ4v) is 3.01. The Morgan fingerprint density at radius 2 is 1.97 bits per heavy atom. The first-order valence-corrected chi connectivity index (χ1v) is 9.40. The molecule has 6 nitrogen and oxygen atoms in total. The molecule has 29 heavy (non-hydrogen) atoms. The van der Waals surface area contributed by atoms with Gasteiger partial charge < -0.3 is 20.1 Å². The Labute approximate surface area is 171 Å². The number of amidine groups is 1. The van der Waals surface area contributed by atoms with Crippen LogP contribution >= 0.6 is 0 Å². The van der Waals surface area contributed by atoms with Crippen molar-refractivity contribution in [2.24, 2.45) is 4.99 Å². The molecule has 1 aliphatic rings. The predicted molar refractivity (Wildman–Crippen MR) is 117 cm³/mol. The van der Waals surface area contributed by atoms with Gasteiger partial charge in [0.15, 0.2) is 0 Å². The van der Waals surface area contributed by atoms with Gasteiger partial charge in [0.05, 0.1) is 25.5 Å². The maximum Gasteiger partial charge on any atom is 0.254 e. The number of aliphatic imine (C=N–C) groups is 1. The summed E-state index contributed by atoms with van der Waals surface area (Å²) < 4.78 is 10.6. The number of nitrogens with one attached hydrogen (secondary N) is 2. The number of allylic oxidation sites excluding steroid dienone is 3. The van der Waals surface area contributed by atoms with Crippen LogP contribution in [0.25, 0.3) is 5.70 Å². The summed E-state index contributed by atoms with van der Waals surface area (Å²) in [5.74, 6) is 1.94. The Morgan fingerprint density at radius 1 is 1.10 bits per heavy atom. The number of methoxy groups -OCH3 is 2. The summed E-state index contributed by atoms with van der Waals surface area (Å²) >= 11 is 0. The number of hydrogen-bond donors (Lipinski definition) is 2. The molecule has 1 amide bonds. The van der Waals surface area contributed by atoms with Gasteiger partial charge in [0.2, 0.25) is 0 Å². The number of carbonyl (C=O) groups is 1. The molecule has 0 bridgehead atoms. The third-order valence-corrected chi connectivity index (χ3v) is 4.52. The lowest BCUT2D eigenvalue weighted by Crippen LogP contribution is -2.19. The van der Waals surface area contributed by atoms with E-state index >= 15 is 0 Å². The van der Waals surface area contributed by atoms with E-state index in [1.807, 2.05) is 42.5 Å². The summed E-state index contributed by atoms with van der Waals surface area (Å²) in [5, 5.41) is 6.03. The van der Waals surface area contributed by atoms with E-state index in [-0.39, 0.29) is 5.91 Å². The third-order valence-electron chi connectivity index (χ3n) is 4.52. The van der Waals surface area contributed by atoms with Gasteiger partial charge in [-0.15, -0.1) is 0 Å². The van der Waals surface area contributed by atoms with E-state index in [9.17, 15) is 4.79 Å². The van der Waals surface area contributed by atoms with E-state index in [2.05, 4.69) is 16.7 Å². The quantitative estimate of drug-likeness (QED) is 0.799. The second-order valence-corrected chi connectivity index (χ2v) is 6.43. The van der Waals surface area contributed by atoms with E-state index in [1.54, 1.807) is 33.4 Å². The number of hydrogen-bond acceptors (Lipinski definition) is 5. The average molecular weight is 391 g/mol. The minimum atomic E-state index is -0.204. The largest absolute Gasteiger partial charge is 0.497 e. The fraction of sp³-hybridized carbons (Fsp3) is 0.217. The number of carbonyl (C=O) groups excluding carboxylic acids is 1. The van der Waals surface area contributed by atoms with Gasteiger partial charge in [-0.2, -0.15) is 0 Å². The van der Waals surface area contributed by atoms with Crippen LogP contribution in [0.2, 0.25) is 0 Å². The summed E-state index contributed by atoms with van der Waals surface area (Å²) in [6, 6.07) is 13.2. The standard InChI is InChI=1S/C23H25N3O3/c1-24-23(27)19-14-16(12-13-21(19)29-3)20-10-5-4-6-11-22(26-20)25-17-8-7-9-18(15-17)28-2/h4-5,7-10,12-15H,6,11H2,1-3H3,(H,24,27)(H,25,26)/b5-4-,20-10-. The first-order valence-electron chi connectivity index (χ1n) is 9.40. The Morgan fingerprint density at radius 3 is 2.72 bits per heavy atom. The van der Waals surface area contributed by atoms with Crippen molar-refractivity contribution in [3.63, 3.8) is 0 Å². The molecule has 2 N–H and O–H groups in total. The SMILES string of the molecule is CNC(=O)c1cc(/C2=C/C=C\CCC(Nc3cccc(OC)c3)=N2)ccc1OC. The molecule has 6 heteroatoms. The van der Waals surface area contributed by atoms with Gasteiger partial charge in [-0.3, -0.25) is 4.79 Å². The minimum absolute atomic E-state index is 0.204. The van der Waals surface area contributed by atoms with Crippen LogP contribution in [0.15, 0.2) is 65.7 Å². The van der Waals surface area contributed by atoms with Crippen molar-refractivity contribution >= 4 is 23.1 Å². The molecule has 0 aliphatic carbocycles. The van der Waals surface area contributed by atoms with Crippen LogP contribution in [0.5, 0.6) is 11.5 Å². The van der Waals surface area contributed by atoms with Crippen LogP contribution in [-0.4, -0.2) is 33.0 Å². The van der Waals surface area contributed by atoms with Gasteiger partial charge in [-0.25, -0.2) is 4.99 Å². The second-order valence-electron chi connectivity index (χ2n) is 6.43. The number of anilines is 1. The number of benzene rings is 2. The number of rotatable bonds is 5. The van der Waals surface area contributed by atoms with E-state index < -0.39 is 0 Å². The maximum absolute atomic E-state index is 12.2. The van der Waals surface area contributed by atoms with E-state index in [4.69, 9.17) is 14.5 Å². The highest BCUT2D eigenvalue weighted by Crippen LogP contribution is 2.26. The van der Waals surface area contributed by atoms with Crippen LogP contribution in [0.3, 0.4) is 0 Å². The van der Waals surface area contributed by atoms with Crippen molar-refractivity contribution in [2.45, 2.75) is 12.8 Å². The summed E-state index contributed by atoms with van der Waals surface area (Å²) in [4.78, 5) is 17.1. The zero-order chi connectivity index (χ0) is 20.6. The van der Waals surface area contributed by atoms with Gasteiger partial charge in [0, 0.05) is 30.8 Å². The molecule has 1 heterocycles. The predicted octanol–water partition coefficient (Wildman–Crippen LogP) is 4.26. The van der Waals surface area contributed by atoms with Crippen LogP contribution < -0.4 is 20.1 Å². The van der Waals surface area contributed by atoms with Crippen molar-refractivity contribution in [3.8, 4) is 11.5 Å². The summed E-state index contributed by atoms with van der Waals surface area (Å²) in [6.07, 6.45) is 7.69. The Kier molecular flexibility index (Phi) is 6.68. The molecule has 2 aromatic carbocycles.